The average Bonchev–Trinajstić information content (AvgIpc) is 2.43. The fourth-order valence-electron chi connectivity index (χ4n) is 2.25. The number of hydrogen-bond donors (Lipinski definition) is 0. The van der Waals surface area contributed by atoms with E-state index in [4.69, 9.17) is 0 Å². The van der Waals surface area contributed by atoms with Crippen molar-refractivity contribution in [2.45, 2.75) is 71.1 Å². The van der Waals surface area contributed by atoms with E-state index in [1.54, 1.807) is 6.20 Å². The van der Waals surface area contributed by atoms with Crippen LogP contribution in [0.3, 0.4) is 0 Å². The summed E-state index contributed by atoms with van der Waals surface area (Å²) in [7, 11) is 0. The highest BCUT2D eigenvalue weighted by Crippen LogP contribution is 2.10. The predicted octanol–water partition coefficient (Wildman–Crippen LogP) is 4.72. The van der Waals surface area contributed by atoms with E-state index in [-0.39, 0.29) is 0 Å². The van der Waals surface area contributed by atoms with Gasteiger partial charge in [0.15, 0.2) is 0 Å². The first-order chi connectivity index (χ1) is 9.33. The number of hydrogen-bond acceptors (Lipinski definition) is 2. The molecule has 2 heteroatoms. The number of unbranched alkanes of at least 4 members (excludes halogenated alkanes) is 7. The zero-order valence-corrected chi connectivity index (χ0v) is 12.2. The van der Waals surface area contributed by atoms with Crippen molar-refractivity contribution in [3.05, 3.63) is 30.1 Å². The molecule has 1 aromatic rings. The van der Waals surface area contributed by atoms with Crippen molar-refractivity contribution in [1.82, 2.24) is 4.98 Å². The van der Waals surface area contributed by atoms with E-state index in [0.717, 1.165) is 12.1 Å². The van der Waals surface area contributed by atoms with Crippen LogP contribution < -0.4 is 0 Å². The molecular formula is C17H27NO. The number of carbonyl (C=O) groups excluding carboxylic acids is 1. The minimum absolute atomic E-state index is 0.324. The lowest BCUT2D eigenvalue weighted by Crippen LogP contribution is -2.03. The Morgan fingerprint density at radius 3 is 2.32 bits per heavy atom. The van der Waals surface area contributed by atoms with Gasteiger partial charge in [0.2, 0.25) is 0 Å². The van der Waals surface area contributed by atoms with Gasteiger partial charge in [-0.05, 0) is 18.6 Å². The van der Waals surface area contributed by atoms with Crippen LogP contribution in [0.2, 0.25) is 0 Å². The molecule has 0 bridgehead atoms. The van der Waals surface area contributed by atoms with Crippen molar-refractivity contribution in [1.29, 1.82) is 0 Å². The number of Topliss-reactive ketones (excluding diaryl/α,β-unsaturated/α-hetero) is 1. The number of pyridine rings is 1. The zero-order chi connectivity index (χ0) is 13.8. The van der Waals surface area contributed by atoms with Gasteiger partial charge in [-0.25, -0.2) is 0 Å². The summed E-state index contributed by atoms with van der Waals surface area (Å²) in [5.74, 6) is 0.324. The predicted molar refractivity (Wildman–Crippen MR) is 80.2 cm³/mol. The number of nitrogens with zero attached hydrogens (tertiary/aromatic N) is 1. The van der Waals surface area contributed by atoms with Crippen LogP contribution in [0.4, 0.5) is 0 Å². The highest BCUT2D eigenvalue weighted by atomic mass is 16.1. The lowest BCUT2D eigenvalue weighted by molar-refractivity contribution is -0.118. The minimum atomic E-state index is 0.324. The number of rotatable bonds is 11. The minimum Gasteiger partial charge on any atom is -0.299 e. The molecule has 1 heterocycles. The van der Waals surface area contributed by atoms with Gasteiger partial charge in [0.05, 0.1) is 0 Å². The maximum absolute atomic E-state index is 11.7. The Morgan fingerprint density at radius 2 is 1.68 bits per heavy atom. The Labute approximate surface area is 117 Å². The fourth-order valence-corrected chi connectivity index (χ4v) is 2.25. The van der Waals surface area contributed by atoms with Gasteiger partial charge in [0, 0.05) is 24.7 Å². The Bertz CT molecular complexity index is 334. The van der Waals surface area contributed by atoms with Gasteiger partial charge in [-0.1, -0.05) is 57.9 Å². The Hall–Kier alpha value is -1.18. The first kappa shape index (κ1) is 15.9. The second kappa shape index (κ2) is 10.7. The molecule has 0 spiro atoms. The smallest absolute Gasteiger partial charge is 0.138 e. The maximum atomic E-state index is 11.7. The lowest BCUT2D eigenvalue weighted by atomic mass is 10.0. The largest absolute Gasteiger partial charge is 0.299 e. The van der Waals surface area contributed by atoms with Crippen molar-refractivity contribution in [3.63, 3.8) is 0 Å². The van der Waals surface area contributed by atoms with Crippen LogP contribution in [0.25, 0.3) is 0 Å². The van der Waals surface area contributed by atoms with E-state index in [2.05, 4.69) is 11.9 Å². The number of ketones is 1. The third kappa shape index (κ3) is 8.52. The van der Waals surface area contributed by atoms with Crippen molar-refractivity contribution in [3.8, 4) is 0 Å². The number of aromatic nitrogens is 1. The average molecular weight is 261 g/mol. The topological polar surface area (TPSA) is 30.0 Å². The second-order valence-corrected chi connectivity index (χ2v) is 5.26. The van der Waals surface area contributed by atoms with Crippen LogP contribution in [0, 0.1) is 0 Å². The zero-order valence-electron chi connectivity index (χ0n) is 12.2. The molecule has 0 atom stereocenters. The van der Waals surface area contributed by atoms with Gasteiger partial charge >= 0.3 is 0 Å². The molecule has 0 saturated heterocycles. The molecule has 0 N–H and O–H groups in total. The normalized spacial score (nSPS) is 10.6. The molecule has 19 heavy (non-hydrogen) atoms. The highest BCUT2D eigenvalue weighted by Gasteiger charge is 2.03. The van der Waals surface area contributed by atoms with Gasteiger partial charge in [-0.15, -0.1) is 0 Å². The molecule has 1 aromatic heterocycles. The molecule has 2 nitrogen and oxygen atoms in total. The summed E-state index contributed by atoms with van der Waals surface area (Å²) in [4.78, 5) is 15.9. The van der Waals surface area contributed by atoms with Crippen LogP contribution in [0.5, 0.6) is 0 Å². The molecule has 0 saturated carbocycles. The highest BCUT2D eigenvalue weighted by molar-refractivity contribution is 5.80. The lowest BCUT2D eigenvalue weighted by Gasteiger charge is -2.02. The fraction of sp³-hybridized carbons (Fsp3) is 0.647. The van der Waals surface area contributed by atoms with Crippen molar-refractivity contribution < 1.29 is 4.79 Å². The van der Waals surface area contributed by atoms with E-state index < -0.39 is 0 Å². The van der Waals surface area contributed by atoms with Crippen molar-refractivity contribution in [2.75, 3.05) is 0 Å². The molecule has 1 rings (SSSR count). The first-order valence-corrected chi connectivity index (χ1v) is 7.74. The van der Waals surface area contributed by atoms with E-state index in [0.29, 0.717) is 18.6 Å². The van der Waals surface area contributed by atoms with Gasteiger partial charge in [0.25, 0.3) is 0 Å². The van der Waals surface area contributed by atoms with E-state index >= 15 is 0 Å². The molecular weight excluding hydrogens is 234 g/mol. The van der Waals surface area contributed by atoms with Gasteiger partial charge < -0.3 is 0 Å². The third-order valence-corrected chi connectivity index (χ3v) is 3.41. The molecule has 0 aliphatic carbocycles. The van der Waals surface area contributed by atoms with E-state index in [1.807, 2.05) is 18.2 Å². The molecule has 106 valence electrons. The summed E-state index contributed by atoms with van der Waals surface area (Å²) < 4.78 is 0. The van der Waals surface area contributed by atoms with E-state index in [1.165, 1.54) is 44.9 Å². The number of carbonyl (C=O) groups is 1. The van der Waals surface area contributed by atoms with Gasteiger partial charge in [-0.2, -0.15) is 0 Å². The summed E-state index contributed by atoms with van der Waals surface area (Å²) in [5, 5.41) is 0. The van der Waals surface area contributed by atoms with Crippen LogP contribution in [-0.4, -0.2) is 10.8 Å². The van der Waals surface area contributed by atoms with Crippen LogP contribution in [0.1, 0.15) is 70.4 Å². The molecule has 0 aliphatic rings. The van der Waals surface area contributed by atoms with Crippen LogP contribution >= 0.6 is 0 Å². The van der Waals surface area contributed by atoms with Gasteiger partial charge in [0.1, 0.15) is 5.78 Å². The van der Waals surface area contributed by atoms with Crippen molar-refractivity contribution in [2.24, 2.45) is 0 Å². The Balaban J connectivity index is 1.96. The SMILES string of the molecule is CCCCCCCCCCC(=O)Cc1ccccn1. The summed E-state index contributed by atoms with van der Waals surface area (Å²) in [5.41, 5.74) is 0.895. The standard InChI is InChI=1S/C17H27NO/c1-2-3-4-5-6-7-8-9-13-17(19)15-16-12-10-11-14-18-16/h10-12,14H,2-9,13,15H2,1H3. The molecule has 0 fully saturated rings. The second-order valence-electron chi connectivity index (χ2n) is 5.26. The molecule has 0 aromatic carbocycles. The summed E-state index contributed by atoms with van der Waals surface area (Å²) >= 11 is 0. The summed E-state index contributed by atoms with van der Waals surface area (Å²) in [6.07, 6.45) is 13.2. The van der Waals surface area contributed by atoms with E-state index in [9.17, 15) is 4.79 Å². The van der Waals surface area contributed by atoms with Gasteiger partial charge in [-0.3, -0.25) is 9.78 Å². The van der Waals surface area contributed by atoms with Crippen LogP contribution in [0.15, 0.2) is 24.4 Å². The van der Waals surface area contributed by atoms with Crippen LogP contribution in [-0.2, 0) is 11.2 Å². The summed E-state index contributed by atoms with van der Waals surface area (Å²) in [6.45, 7) is 2.24. The Morgan fingerprint density at radius 1 is 1.00 bits per heavy atom. The molecule has 0 radical (unpaired) electrons. The Kier molecular flexibility index (Phi) is 8.95. The molecule has 0 amide bonds. The monoisotopic (exact) mass is 261 g/mol. The third-order valence-electron chi connectivity index (χ3n) is 3.41. The first-order valence-electron chi connectivity index (χ1n) is 7.74. The quantitative estimate of drug-likeness (QED) is 0.539. The maximum Gasteiger partial charge on any atom is 0.138 e. The van der Waals surface area contributed by atoms with Crippen molar-refractivity contribution >= 4 is 5.78 Å². The summed E-state index contributed by atoms with van der Waals surface area (Å²) in [6, 6.07) is 5.74. The molecule has 0 unspecified atom stereocenters. The molecule has 0 aliphatic heterocycles.